The van der Waals surface area contributed by atoms with Crippen molar-refractivity contribution in [2.75, 3.05) is 26.9 Å². The highest BCUT2D eigenvalue weighted by molar-refractivity contribution is 5.92. The minimum absolute atomic E-state index is 0.165. The molecule has 0 bridgehead atoms. The molecule has 0 saturated carbocycles. The highest BCUT2D eigenvalue weighted by Crippen LogP contribution is 2.21. The van der Waals surface area contributed by atoms with Gasteiger partial charge in [0.1, 0.15) is 12.4 Å². The van der Waals surface area contributed by atoms with Crippen LogP contribution in [-0.4, -0.2) is 37.5 Å². The molecule has 1 amide bonds. The molecule has 1 N–H and O–H groups in total. The zero-order valence-corrected chi connectivity index (χ0v) is 11.2. The van der Waals surface area contributed by atoms with Gasteiger partial charge in [0.15, 0.2) is 0 Å². The smallest absolute Gasteiger partial charge is 0.325 e. The van der Waals surface area contributed by atoms with E-state index < -0.39 is 0 Å². The number of hydrogen-bond donors (Lipinski definition) is 1. The summed E-state index contributed by atoms with van der Waals surface area (Å²) in [5.41, 5.74) is 0.827. The van der Waals surface area contributed by atoms with Crippen molar-refractivity contribution in [3.05, 3.63) is 30.5 Å². The molecule has 0 radical (unpaired) electrons. The summed E-state index contributed by atoms with van der Waals surface area (Å²) >= 11 is 0. The fourth-order valence-electron chi connectivity index (χ4n) is 1.86. The molecule has 0 spiro atoms. The van der Waals surface area contributed by atoms with Crippen LogP contribution in [0.15, 0.2) is 30.5 Å². The predicted molar refractivity (Wildman–Crippen MR) is 73.8 cm³/mol. The molecular formula is C14H18N2O3. The van der Waals surface area contributed by atoms with Gasteiger partial charge >= 0.3 is 6.03 Å². The van der Waals surface area contributed by atoms with Crippen molar-refractivity contribution in [3.8, 4) is 5.75 Å². The summed E-state index contributed by atoms with van der Waals surface area (Å²) < 4.78 is 12.4. The minimum atomic E-state index is -0.165. The van der Waals surface area contributed by atoms with E-state index in [2.05, 4.69) is 5.32 Å². The van der Waals surface area contributed by atoms with E-state index in [0.717, 1.165) is 16.7 Å². The molecule has 2 rings (SSSR count). The Morgan fingerprint density at radius 2 is 2.16 bits per heavy atom. The zero-order chi connectivity index (χ0) is 13.7. The van der Waals surface area contributed by atoms with E-state index in [0.29, 0.717) is 19.8 Å². The first-order chi connectivity index (χ1) is 9.26. The van der Waals surface area contributed by atoms with E-state index >= 15 is 0 Å². The molecule has 19 heavy (non-hydrogen) atoms. The van der Waals surface area contributed by atoms with Crippen molar-refractivity contribution in [1.29, 1.82) is 0 Å². The zero-order valence-electron chi connectivity index (χ0n) is 11.2. The number of carbonyl (C=O) groups is 1. The lowest BCUT2D eigenvalue weighted by molar-refractivity contribution is 0.110. The van der Waals surface area contributed by atoms with E-state index in [4.69, 9.17) is 9.47 Å². The summed E-state index contributed by atoms with van der Waals surface area (Å²) in [6.45, 7) is 3.69. The number of rotatable bonds is 5. The van der Waals surface area contributed by atoms with Gasteiger partial charge in [-0.15, -0.1) is 0 Å². The second-order valence-electron chi connectivity index (χ2n) is 4.01. The van der Waals surface area contributed by atoms with E-state index in [1.54, 1.807) is 17.8 Å². The Morgan fingerprint density at radius 3 is 2.89 bits per heavy atom. The molecule has 0 aliphatic rings. The minimum Gasteiger partial charge on any atom is -0.491 e. The number of amides is 1. The van der Waals surface area contributed by atoms with Crippen LogP contribution in [-0.2, 0) is 4.74 Å². The third-order valence-corrected chi connectivity index (χ3v) is 2.80. The number of carbonyl (C=O) groups excluding carboxylic acids is 1. The van der Waals surface area contributed by atoms with E-state index in [1.807, 2.05) is 31.2 Å². The second kappa shape index (κ2) is 6.24. The van der Waals surface area contributed by atoms with Crippen LogP contribution in [0.2, 0.25) is 0 Å². The molecule has 0 atom stereocenters. The summed E-state index contributed by atoms with van der Waals surface area (Å²) in [5, 5.41) is 3.60. The highest BCUT2D eigenvalue weighted by atomic mass is 16.5. The Hall–Kier alpha value is -2.01. The molecule has 0 saturated heterocycles. The monoisotopic (exact) mass is 262 g/mol. The molecular weight excluding hydrogens is 244 g/mol. The van der Waals surface area contributed by atoms with Gasteiger partial charge in [0.25, 0.3) is 0 Å². The molecule has 1 aromatic heterocycles. The number of nitrogens with zero attached hydrogens (tertiary/aromatic N) is 1. The quantitative estimate of drug-likeness (QED) is 0.841. The van der Waals surface area contributed by atoms with Crippen molar-refractivity contribution in [2.24, 2.45) is 0 Å². The van der Waals surface area contributed by atoms with Crippen molar-refractivity contribution in [2.45, 2.75) is 6.92 Å². The summed E-state index contributed by atoms with van der Waals surface area (Å²) in [5.74, 6) is 0.732. The summed E-state index contributed by atoms with van der Waals surface area (Å²) in [6.07, 6.45) is 1.74. The van der Waals surface area contributed by atoms with Crippen molar-refractivity contribution in [1.82, 2.24) is 9.88 Å². The topological polar surface area (TPSA) is 52.5 Å². The van der Waals surface area contributed by atoms with Crippen LogP contribution in [0.25, 0.3) is 10.9 Å². The van der Waals surface area contributed by atoms with Crippen LogP contribution in [0.4, 0.5) is 4.79 Å². The lowest BCUT2D eigenvalue weighted by atomic mass is 10.2. The Kier molecular flexibility index (Phi) is 4.41. The van der Waals surface area contributed by atoms with E-state index in [-0.39, 0.29) is 6.03 Å². The van der Waals surface area contributed by atoms with Crippen LogP contribution in [0.1, 0.15) is 6.92 Å². The molecule has 0 aliphatic carbocycles. The van der Waals surface area contributed by atoms with Gasteiger partial charge in [0.2, 0.25) is 0 Å². The van der Waals surface area contributed by atoms with Crippen molar-refractivity contribution in [3.63, 3.8) is 0 Å². The normalized spacial score (nSPS) is 10.6. The number of ether oxygens (including phenoxy) is 2. The molecule has 5 nitrogen and oxygen atoms in total. The van der Waals surface area contributed by atoms with Gasteiger partial charge < -0.3 is 14.8 Å². The number of aromatic nitrogens is 1. The average molecular weight is 262 g/mol. The number of benzene rings is 1. The second-order valence-corrected chi connectivity index (χ2v) is 4.01. The van der Waals surface area contributed by atoms with Crippen LogP contribution in [0.3, 0.4) is 0 Å². The number of nitrogens with one attached hydrogen (secondary N) is 1. The summed E-state index contributed by atoms with van der Waals surface area (Å²) in [6, 6.07) is 7.42. The molecule has 0 aliphatic heterocycles. The molecule has 1 aromatic carbocycles. The van der Waals surface area contributed by atoms with Gasteiger partial charge in [-0.25, -0.2) is 4.79 Å². The first-order valence-electron chi connectivity index (χ1n) is 6.30. The molecule has 5 heteroatoms. The predicted octanol–water partition coefficient (Wildman–Crippen LogP) is 2.24. The van der Waals surface area contributed by atoms with Gasteiger partial charge in [-0.05, 0) is 25.1 Å². The fourth-order valence-corrected chi connectivity index (χ4v) is 1.86. The first kappa shape index (κ1) is 13.4. The molecule has 0 unspecified atom stereocenters. The Labute approximate surface area is 112 Å². The van der Waals surface area contributed by atoms with Gasteiger partial charge in [-0.3, -0.25) is 4.57 Å². The molecule has 0 fully saturated rings. The summed E-state index contributed by atoms with van der Waals surface area (Å²) in [4.78, 5) is 11.7. The largest absolute Gasteiger partial charge is 0.491 e. The third kappa shape index (κ3) is 3.06. The lowest BCUT2D eigenvalue weighted by Crippen LogP contribution is -2.23. The standard InChI is InChI=1S/C14H18N2O3/c1-3-18-8-9-19-12-5-4-11-6-7-16(13(11)10-12)14(17)15-2/h4-7,10H,3,8-9H2,1-2H3,(H,15,17). The van der Waals surface area contributed by atoms with Gasteiger partial charge in [0, 0.05) is 31.3 Å². The number of fused-ring (bicyclic) bond motifs is 1. The van der Waals surface area contributed by atoms with E-state index in [1.165, 1.54) is 0 Å². The van der Waals surface area contributed by atoms with Gasteiger partial charge in [-0.2, -0.15) is 0 Å². The Bertz CT molecular complexity index is 563. The Balaban J connectivity index is 2.16. The SMILES string of the molecule is CCOCCOc1ccc2ccn(C(=O)NC)c2c1. The third-order valence-electron chi connectivity index (χ3n) is 2.80. The van der Waals surface area contributed by atoms with Crippen LogP contribution < -0.4 is 10.1 Å². The maximum atomic E-state index is 11.7. The fraction of sp³-hybridized carbons (Fsp3) is 0.357. The van der Waals surface area contributed by atoms with Gasteiger partial charge in [-0.1, -0.05) is 0 Å². The average Bonchev–Trinajstić information content (AvgIpc) is 2.86. The van der Waals surface area contributed by atoms with E-state index in [9.17, 15) is 4.79 Å². The van der Waals surface area contributed by atoms with Gasteiger partial charge in [0.05, 0.1) is 12.1 Å². The van der Waals surface area contributed by atoms with Crippen LogP contribution in [0, 0.1) is 0 Å². The van der Waals surface area contributed by atoms with Crippen molar-refractivity contribution < 1.29 is 14.3 Å². The maximum Gasteiger partial charge on any atom is 0.325 e. The number of hydrogen-bond acceptors (Lipinski definition) is 3. The molecule has 1 heterocycles. The maximum absolute atomic E-state index is 11.7. The Morgan fingerprint density at radius 1 is 1.32 bits per heavy atom. The molecule has 102 valence electrons. The van der Waals surface area contributed by atoms with Crippen molar-refractivity contribution >= 4 is 16.9 Å². The first-order valence-corrected chi connectivity index (χ1v) is 6.30. The molecule has 2 aromatic rings. The summed E-state index contributed by atoms with van der Waals surface area (Å²) in [7, 11) is 1.61. The highest BCUT2D eigenvalue weighted by Gasteiger charge is 2.07. The lowest BCUT2D eigenvalue weighted by Gasteiger charge is -2.07. The van der Waals surface area contributed by atoms with Crippen LogP contribution in [0.5, 0.6) is 5.75 Å². The van der Waals surface area contributed by atoms with Crippen LogP contribution >= 0.6 is 0 Å².